The maximum absolute atomic E-state index is 10.2. The molecule has 2 atom stereocenters. The average Bonchev–Trinajstić information content (AvgIpc) is 2.40. The van der Waals surface area contributed by atoms with Crippen LogP contribution in [0.1, 0.15) is 17.2 Å². The number of aliphatic hydroxyl groups is 1. The number of phenolic OH excluding ortho intramolecular Hbond substituents is 3. The molecule has 2 unspecified atom stereocenters. The van der Waals surface area contributed by atoms with E-state index >= 15 is 0 Å². The minimum Gasteiger partial charge on any atom is -0.508 e. The summed E-state index contributed by atoms with van der Waals surface area (Å²) in [6, 6.07) is 8.99. The van der Waals surface area contributed by atoms with Gasteiger partial charge in [-0.05, 0) is 17.7 Å². The Labute approximate surface area is 115 Å². The average molecular weight is 274 g/mol. The number of hydrogen-bond donors (Lipinski definition) is 4. The maximum Gasteiger partial charge on any atom is 0.150 e. The first-order chi connectivity index (χ1) is 9.54. The van der Waals surface area contributed by atoms with Crippen LogP contribution in [-0.2, 0) is 6.42 Å². The molecule has 0 saturated carbocycles. The van der Waals surface area contributed by atoms with E-state index in [0.29, 0.717) is 16.9 Å². The fourth-order valence-electron chi connectivity index (χ4n) is 2.41. The SMILES string of the molecule is Oc1ccc(C2Oc3cc(O)cc(O)c3CC2O)cc1. The summed E-state index contributed by atoms with van der Waals surface area (Å²) in [7, 11) is 0. The zero-order valence-electron chi connectivity index (χ0n) is 10.5. The van der Waals surface area contributed by atoms with E-state index in [1.807, 2.05) is 0 Å². The molecule has 1 heterocycles. The fourth-order valence-corrected chi connectivity index (χ4v) is 2.41. The molecule has 4 N–H and O–H groups in total. The normalized spacial score (nSPS) is 21.1. The predicted octanol–water partition coefficient (Wildman–Crippen LogP) is 1.84. The van der Waals surface area contributed by atoms with Crippen molar-refractivity contribution in [1.29, 1.82) is 0 Å². The number of ether oxygens (including phenoxy) is 1. The number of aliphatic hydroxyl groups excluding tert-OH is 1. The fraction of sp³-hybridized carbons (Fsp3) is 0.200. The Morgan fingerprint density at radius 3 is 2.35 bits per heavy atom. The van der Waals surface area contributed by atoms with Gasteiger partial charge in [0.05, 0.1) is 6.10 Å². The van der Waals surface area contributed by atoms with Gasteiger partial charge in [0.25, 0.3) is 0 Å². The molecule has 0 bridgehead atoms. The largest absolute Gasteiger partial charge is 0.508 e. The van der Waals surface area contributed by atoms with E-state index in [9.17, 15) is 20.4 Å². The van der Waals surface area contributed by atoms with Crippen LogP contribution in [0.15, 0.2) is 36.4 Å². The van der Waals surface area contributed by atoms with Gasteiger partial charge in [0.1, 0.15) is 29.1 Å². The van der Waals surface area contributed by atoms with E-state index < -0.39 is 12.2 Å². The highest BCUT2D eigenvalue weighted by atomic mass is 16.5. The number of phenols is 3. The van der Waals surface area contributed by atoms with Crippen molar-refractivity contribution in [2.75, 3.05) is 0 Å². The van der Waals surface area contributed by atoms with Gasteiger partial charge in [0, 0.05) is 24.1 Å². The van der Waals surface area contributed by atoms with Crippen LogP contribution in [0, 0.1) is 0 Å². The van der Waals surface area contributed by atoms with Crippen LogP contribution >= 0.6 is 0 Å². The van der Waals surface area contributed by atoms with Gasteiger partial charge in [-0.15, -0.1) is 0 Å². The van der Waals surface area contributed by atoms with Crippen LogP contribution in [0.2, 0.25) is 0 Å². The first kappa shape index (κ1) is 12.6. The molecule has 1 aliphatic rings. The lowest BCUT2D eigenvalue weighted by Gasteiger charge is -2.31. The zero-order valence-corrected chi connectivity index (χ0v) is 10.5. The molecule has 5 heteroatoms. The van der Waals surface area contributed by atoms with E-state index in [0.717, 1.165) is 0 Å². The maximum atomic E-state index is 10.2. The molecule has 5 nitrogen and oxygen atoms in total. The van der Waals surface area contributed by atoms with Gasteiger partial charge in [-0.3, -0.25) is 0 Å². The lowest BCUT2D eigenvalue weighted by molar-refractivity contribution is 0.0198. The third kappa shape index (κ3) is 2.12. The lowest BCUT2D eigenvalue weighted by atomic mass is 9.94. The van der Waals surface area contributed by atoms with Crippen molar-refractivity contribution in [3.05, 3.63) is 47.5 Å². The van der Waals surface area contributed by atoms with Crippen molar-refractivity contribution in [3.63, 3.8) is 0 Å². The molecule has 0 aliphatic carbocycles. The summed E-state index contributed by atoms with van der Waals surface area (Å²) in [5, 5.41) is 38.7. The van der Waals surface area contributed by atoms with Crippen LogP contribution in [0.4, 0.5) is 0 Å². The summed E-state index contributed by atoms with van der Waals surface area (Å²) in [5.41, 5.74) is 1.19. The molecule has 2 aromatic carbocycles. The molecule has 1 aliphatic heterocycles. The molecule has 0 aromatic heterocycles. The molecule has 0 spiro atoms. The second-order valence-electron chi connectivity index (χ2n) is 4.84. The van der Waals surface area contributed by atoms with E-state index in [2.05, 4.69) is 0 Å². The van der Waals surface area contributed by atoms with Gasteiger partial charge in [0.2, 0.25) is 0 Å². The summed E-state index contributed by atoms with van der Waals surface area (Å²) >= 11 is 0. The Hall–Kier alpha value is -2.40. The Morgan fingerprint density at radius 2 is 1.65 bits per heavy atom. The van der Waals surface area contributed by atoms with Crippen molar-refractivity contribution in [1.82, 2.24) is 0 Å². The third-order valence-corrected chi connectivity index (χ3v) is 3.41. The molecule has 20 heavy (non-hydrogen) atoms. The van der Waals surface area contributed by atoms with E-state index in [1.54, 1.807) is 12.1 Å². The topological polar surface area (TPSA) is 90.2 Å². The van der Waals surface area contributed by atoms with Crippen molar-refractivity contribution in [2.45, 2.75) is 18.6 Å². The molecular formula is C15H14O5. The Bertz CT molecular complexity index is 635. The molecule has 0 saturated heterocycles. The number of aromatic hydroxyl groups is 3. The minimum atomic E-state index is -0.817. The molecule has 2 aromatic rings. The van der Waals surface area contributed by atoms with Gasteiger partial charge in [0.15, 0.2) is 0 Å². The van der Waals surface area contributed by atoms with E-state index in [1.165, 1.54) is 24.3 Å². The van der Waals surface area contributed by atoms with Crippen LogP contribution in [0.25, 0.3) is 0 Å². The van der Waals surface area contributed by atoms with Crippen molar-refractivity contribution < 1.29 is 25.2 Å². The van der Waals surface area contributed by atoms with Crippen molar-refractivity contribution in [2.24, 2.45) is 0 Å². The number of rotatable bonds is 1. The van der Waals surface area contributed by atoms with Crippen LogP contribution in [-0.4, -0.2) is 26.5 Å². The van der Waals surface area contributed by atoms with Crippen molar-refractivity contribution in [3.8, 4) is 23.0 Å². The lowest BCUT2D eigenvalue weighted by Crippen LogP contribution is -2.30. The summed E-state index contributed by atoms with van der Waals surface area (Å²) in [6.45, 7) is 0. The standard InChI is InChI=1S/C15H14O5/c16-9-3-1-8(2-4-9)15-13(19)7-11-12(18)5-10(17)6-14(11)20-15/h1-6,13,15-19H,7H2. The van der Waals surface area contributed by atoms with Gasteiger partial charge in [-0.2, -0.15) is 0 Å². The van der Waals surface area contributed by atoms with E-state index in [4.69, 9.17) is 4.74 Å². The summed E-state index contributed by atoms with van der Waals surface area (Å²) in [5.74, 6) is 0.297. The van der Waals surface area contributed by atoms with Gasteiger partial charge < -0.3 is 25.2 Å². The van der Waals surface area contributed by atoms with E-state index in [-0.39, 0.29) is 23.7 Å². The molecule has 3 rings (SSSR count). The minimum absolute atomic E-state index is 0.0943. The number of benzene rings is 2. The second kappa shape index (κ2) is 4.61. The summed E-state index contributed by atoms with van der Waals surface area (Å²) in [4.78, 5) is 0. The quantitative estimate of drug-likeness (QED) is 0.637. The predicted molar refractivity (Wildman–Crippen MR) is 71.0 cm³/mol. The Balaban J connectivity index is 1.98. The molecule has 0 fully saturated rings. The first-order valence-corrected chi connectivity index (χ1v) is 6.23. The van der Waals surface area contributed by atoms with Crippen LogP contribution in [0.5, 0.6) is 23.0 Å². The second-order valence-corrected chi connectivity index (χ2v) is 4.84. The summed E-state index contributed by atoms with van der Waals surface area (Å²) in [6.07, 6.45) is -1.20. The zero-order chi connectivity index (χ0) is 14.3. The highest BCUT2D eigenvalue weighted by Crippen LogP contribution is 2.41. The monoisotopic (exact) mass is 274 g/mol. The smallest absolute Gasteiger partial charge is 0.150 e. The highest BCUT2D eigenvalue weighted by Gasteiger charge is 2.31. The highest BCUT2D eigenvalue weighted by molar-refractivity contribution is 5.51. The van der Waals surface area contributed by atoms with Gasteiger partial charge in [-0.1, -0.05) is 12.1 Å². The number of hydrogen-bond acceptors (Lipinski definition) is 5. The van der Waals surface area contributed by atoms with Gasteiger partial charge in [-0.25, -0.2) is 0 Å². The molecule has 0 radical (unpaired) electrons. The molecule has 104 valence electrons. The number of fused-ring (bicyclic) bond motifs is 1. The molecular weight excluding hydrogens is 260 g/mol. The van der Waals surface area contributed by atoms with Gasteiger partial charge >= 0.3 is 0 Å². The third-order valence-electron chi connectivity index (χ3n) is 3.41. The Morgan fingerprint density at radius 1 is 0.950 bits per heavy atom. The Kier molecular flexibility index (Phi) is 2.91. The molecule has 0 amide bonds. The first-order valence-electron chi connectivity index (χ1n) is 6.23. The van der Waals surface area contributed by atoms with Crippen LogP contribution < -0.4 is 4.74 Å². The van der Waals surface area contributed by atoms with Crippen molar-refractivity contribution >= 4 is 0 Å². The van der Waals surface area contributed by atoms with Crippen LogP contribution in [0.3, 0.4) is 0 Å². The summed E-state index contributed by atoms with van der Waals surface area (Å²) < 4.78 is 5.68.